The van der Waals surface area contributed by atoms with Crippen LogP contribution < -0.4 is 5.32 Å². The Bertz CT molecular complexity index is 684. The van der Waals surface area contributed by atoms with Crippen LogP contribution in [0.3, 0.4) is 0 Å². The summed E-state index contributed by atoms with van der Waals surface area (Å²) in [6.45, 7) is 9.10. The van der Waals surface area contributed by atoms with E-state index in [1.807, 2.05) is 20.8 Å². The van der Waals surface area contributed by atoms with E-state index in [1.54, 1.807) is 11.2 Å². The predicted octanol–water partition coefficient (Wildman–Crippen LogP) is 3.66. The molecule has 0 aliphatic rings. The maximum Gasteiger partial charge on any atom is 0.409 e. The normalized spacial score (nSPS) is 14.4. The number of thiol groups is 1. The zero-order chi connectivity index (χ0) is 20.5. The van der Waals surface area contributed by atoms with Gasteiger partial charge in [-0.2, -0.15) is 8.78 Å². The number of benzene rings is 1. The summed E-state index contributed by atoms with van der Waals surface area (Å²) < 4.78 is 42.4. The molecular formula is C17H26F2N2O4S. The largest absolute Gasteiger partial charge is 0.465 e. The smallest absolute Gasteiger partial charge is 0.409 e. The first kappa shape index (κ1) is 22.5. The van der Waals surface area contributed by atoms with Gasteiger partial charge in [-0.1, -0.05) is 0 Å². The molecule has 1 amide bonds. The minimum absolute atomic E-state index is 0.0581. The van der Waals surface area contributed by atoms with Gasteiger partial charge in [0.1, 0.15) is 5.60 Å². The van der Waals surface area contributed by atoms with Gasteiger partial charge in [-0.15, -0.1) is 0 Å². The third-order valence-electron chi connectivity index (χ3n) is 3.96. The van der Waals surface area contributed by atoms with Crippen LogP contribution in [-0.2, 0) is 17.8 Å². The predicted molar refractivity (Wildman–Crippen MR) is 97.8 cm³/mol. The molecule has 0 unspecified atom stereocenters. The zero-order valence-corrected chi connectivity index (χ0v) is 16.6. The van der Waals surface area contributed by atoms with E-state index in [9.17, 15) is 22.9 Å². The van der Waals surface area contributed by atoms with Gasteiger partial charge in [0, 0.05) is 22.8 Å². The number of hydrogen-bond acceptors (Lipinski definition) is 3. The van der Waals surface area contributed by atoms with Crippen LogP contribution >= 0.6 is 0 Å². The first-order valence-electron chi connectivity index (χ1n) is 7.99. The van der Waals surface area contributed by atoms with Crippen LogP contribution in [0.4, 0.5) is 19.3 Å². The molecule has 1 rings (SSSR count). The monoisotopic (exact) mass is 392 g/mol. The van der Waals surface area contributed by atoms with Crippen molar-refractivity contribution in [2.75, 3.05) is 5.32 Å². The summed E-state index contributed by atoms with van der Waals surface area (Å²) in [5, 5.41) is 20.8. The molecule has 9 heteroatoms. The first-order valence-corrected chi connectivity index (χ1v) is 8.76. The maximum atomic E-state index is 14.6. The lowest BCUT2D eigenvalue weighted by molar-refractivity contribution is -0.168. The van der Waals surface area contributed by atoms with E-state index in [1.165, 1.54) is 12.1 Å². The molecule has 0 radical (unpaired) electrons. The van der Waals surface area contributed by atoms with E-state index in [2.05, 4.69) is 5.32 Å². The minimum Gasteiger partial charge on any atom is -0.465 e. The van der Waals surface area contributed by atoms with Crippen molar-refractivity contribution in [3.63, 3.8) is 0 Å². The Hall–Kier alpha value is -1.58. The molecule has 0 bridgehead atoms. The molecule has 0 saturated heterocycles. The van der Waals surface area contributed by atoms with Crippen molar-refractivity contribution >= 4 is 23.6 Å². The number of nitrogens with zero attached hydrogens (tertiary/aromatic N) is 1. The average Bonchev–Trinajstić information content (AvgIpc) is 2.44. The van der Waals surface area contributed by atoms with Crippen molar-refractivity contribution in [3.05, 3.63) is 29.3 Å². The molecule has 3 N–H and O–H groups in total. The van der Waals surface area contributed by atoms with E-state index in [4.69, 9.17) is 5.11 Å². The molecule has 0 saturated carbocycles. The summed E-state index contributed by atoms with van der Waals surface area (Å²) >= 11 is -0.295. The van der Waals surface area contributed by atoms with E-state index >= 15 is 0 Å². The number of anilines is 1. The van der Waals surface area contributed by atoms with Crippen LogP contribution in [0.25, 0.3) is 0 Å². The standard InChI is InChI=1S/C17H26F2N2O4S/c1-10(21(26-25)15(2,3)4)11-7-12(17(18,19)16(5,6)24)9-13(8-11)20-14(22)23/h7-10,20,24,26H,1-6H3,(H,22,23)/t10-/m1/s1. The molecule has 0 fully saturated rings. The quantitative estimate of drug-likeness (QED) is 0.556. The van der Waals surface area contributed by atoms with Gasteiger partial charge in [-0.3, -0.25) is 5.32 Å². The van der Waals surface area contributed by atoms with Gasteiger partial charge in [0.2, 0.25) is 0 Å². The number of carbonyl (C=O) groups is 1. The summed E-state index contributed by atoms with van der Waals surface area (Å²) in [5.41, 5.74) is -3.13. The Balaban J connectivity index is 3.55. The third kappa shape index (κ3) is 4.99. The molecule has 1 aromatic carbocycles. The van der Waals surface area contributed by atoms with Gasteiger partial charge in [0.25, 0.3) is 0 Å². The average molecular weight is 392 g/mol. The number of alkyl halides is 2. The second-order valence-electron chi connectivity index (χ2n) is 7.68. The summed E-state index contributed by atoms with van der Waals surface area (Å²) in [5.74, 6) is -3.63. The topological polar surface area (TPSA) is 89.9 Å². The highest BCUT2D eigenvalue weighted by Crippen LogP contribution is 2.41. The lowest BCUT2D eigenvalue weighted by Gasteiger charge is -2.36. The summed E-state index contributed by atoms with van der Waals surface area (Å²) in [7, 11) is 0. The Kier molecular flexibility index (Phi) is 6.54. The second kappa shape index (κ2) is 7.58. The van der Waals surface area contributed by atoms with Crippen LogP contribution in [-0.4, -0.2) is 36.0 Å². The Labute approximate surface area is 155 Å². The lowest BCUT2D eigenvalue weighted by Crippen LogP contribution is -2.41. The number of nitrogens with one attached hydrogen (secondary N) is 1. The molecule has 0 spiro atoms. The van der Waals surface area contributed by atoms with Crippen molar-refractivity contribution in [2.24, 2.45) is 0 Å². The molecule has 0 aliphatic heterocycles. The van der Waals surface area contributed by atoms with Gasteiger partial charge in [-0.05, 0) is 65.3 Å². The summed E-state index contributed by atoms with van der Waals surface area (Å²) in [4.78, 5) is 10.9. The number of amides is 1. The number of carboxylic acid groups (broad SMARTS) is 1. The van der Waals surface area contributed by atoms with Crippen LogP contribution in [0.15, 0.2) is 18.2 Å². The molecule has 0 heterocycles. The zero-order valence-electron chi connectivity index (χ0n) is 15.7. The highest BCUT2D eigenvalue weighted by Gasteiger charge is 2.47. The van der Waals surface area contributed by atoms with Gasteiger partial charge >= 0.3 is 12.0 Å². The van der Waals surface area contributed by atoms with E-state index < -0.39 is 34.8 Å². The van der Waals surface area contributed by atoms with Gasteiger partial charge < -0.3 is 10.2 Å². The van der Waals surface area contributed by atoms with Crippen molar-refractivity contribution in [3.8, 4) is 0 Å². The van der Waals surface area contributed by atoms with E-state index in [0.717, 1.165) is 19.9 Å². The SMILES string of the molecule is C[C@H](c1cc(NC(=O)O)cc(C(F)(F)C(C)(C)O)c1)N([SH]=O)C(C)(C)C. The lowest BCUT2D eigenvalue weighted by atomic mass is 9.90. The first-order chi connectivity index (χ1) is 11.6. The fourth-order valence-electron chi connectivity index (χ4n) is 2.54. The Morgan fingerprint density at radius 1 is 1.19 bits per heavy atom. The molecule has 0 aromatic heterocycles. The van der Waals surface area contributed by atoms with Gasteiger partial charge in [0.15, 0.2) is 0 Å². The van der Waals surface area contributed by atoms with Gasteiger partial charge in [0.05, 0.1) is 11.9 Å². The van der Waals surface area contributed by atoms with Crippen LogP contribution in [0.5, 0.6) is 0 Å². The molecule has 1 aromatic rings. The fraction of sp³-hybridized carbons (Fsp3) is 0.588. The maximum absolute atomic E-state index is 14.6. The number of hydrogen-bond donors (Lipinski definition) is 4. The minimum atomic E-state index is -3.63. The third-order valence-corrected chi connectivity index (χ3v) is 5.08. The van der Waals surface area contributed by atoms with Crippen LogP contribution in [0, 0.1) is 0 Å². The summed E-state index contributed by atoms with van der Waals surface area (Å²) in [6, 6.07) is 3.03. The van der Waals surface area contributed by atoms with Crippen molar-refractivity contribution in [1.29, 1.82) is 0 Å². The van der Waals surface area contributed by atoms with E-state index in [0.29, 0.717) is 5.56 Å². The van der Waals surface area contributed by atoms with Crippen LogP contribution in [0.1, 0.15) is 58.7 Å². The highest BCUT2D eigenvalue weighted by atomic mass is 32.2. The Morgan fingerprint density at radius 2 is 1.73 bits per heavy atom. The molecule has 1 atom stereocenters. The molecule has 148 valence electrons. The van der Waals surface area contributed by atoms with Gasteiger partial charge in [-0.25, -0.2) is 13.3 Å². The fourth-order valence-corrected chi connectivity index (χ4v) is 3.06. The van der Waals surface area contributed by atoms with Crippen LogP contribution in [0.2, 0.25) is 0 Å². The highest BCUT2D eigenvalue weighted by molar-refractivity contribution is 7.63. The number of rotatable bonds is 6. The molecule has 0 aliphatic carbocycles. The number of halogens is 2. The molecule has 26 heavy (non-hydrogen) atoms. The Morgan fingerprint density at radius 3 is 2.12 bits per heavy atom. The second-order valence-corrected chi connectivity index (χ2v) is 8.27. The van der Waals surface area contributed by atoms with E-state index in [-0.39, 0.29) is 17.5 Å². The number of aliphatic hydroxyl groups is 1. The molecular weight excluding hydrogens is 366 g/mol. The van der Waals surface area contributed by atoms with Crippen molar-refractivity contribution < 1.29 is 28.0 Å². The van der Waals surface area contributed by atoms with Crippen molar-refractivity contribution in [2.45, 2.75) is 64.6 Å². The summed E-state index contributed by atoms with van der Waals surface area (Å²) in [6.07, 6.45) is -1.40. The molecule has 6 nitrogen and oxygen atoms in total. The van der Waals surface area contributed by atoms with Crippen molar-refractivity contribution in [1.82, 2.24) is 4.31 Å².